The third kappa shape index (κ3) is 3.19. The fraction of sp³-hybridized carbons (Fsp3) is 0.562. The first-order valence-electron chi connectivity index (χ1n) is 7.59. The highest BCUT2D eigenvalue weighted by Gasteiger charge is 2.32. The smallest absolute Gasteiger partial charge is 0.241 e. The van der Waals surface area contributed by atoms with Crippen molar-refractivity contribution in [2.24, 2.45) is 5.73 Å². The van der Waals surface area contributed by atoms with Crippen molar-refractivity contribution in [2.75, 3.05) is 13.1 Å². The maximum Gasteiger partial charge on any atom is 0.241 e. The molecule has 0 aromatic heterocycles. The lowest BCUT2D eigenvalue weighted by Crippen LogP contribution is -2.47. The van der Waals surface area contributed by atoms with Crippen molar-refractivity contribution in [3.05, 3.63) is 35.9 Å². The Kier molecular flexibility index (Phi) is 4.03. The summed E-state index contributed by atoms with van der Waals surface area (Å²) in [6.07, 6.45) is 4.80. The van der Waals surface area contributed by atoms with Crippen LogP contribution < -0.4 is 11.1 Å². The summed E-state index contributed by atoms with van der Waals surface area (Å²) in [4.78, 5) is 14.7. The van der Waals surface area contributed by atoms with Gasteiger partial charge in [0.05, 0.1) is 0 Å². The van der Waals surface area contributed by atoms with Crippen LogP contribution in [0.15, 0.2) is 30.3 Å². The second-order valence-electron chi connectivity index (χ2n) is 5.94. The van der Waals surface area contributed by atoms with E-state index in [0.717, 1.165) is 37.5 Å². The van der Waals surface area contributed by atoms with E-state index in [1.807, 2.05) is 30.3 Å². The van der Waals surface area contributed by atoms with Gasteiger partial charge < -0.3 is 16.0 Å². The van der Waals surface area contributed by atoms with E-state index in [2.05, 4.69) is 10.2 Å². The molecule has 0 spiro atoms. The van der Waals surface area contributed by atoms with Crippen LogP contribution in [0, 0.1) is 0 Å². The molecule has 4 heteroatoms. The predicted octanol–water partition coefficient (Wildman–Crippen LogP) is 1.43. The molecule has 3 rings (SSSR count). The van der Waals surface area contributed by atoms with Gasteiger partial charge in [-0.1, -0.05) is 30.3 Å². The molecule has 1 aliphatic heterocycles. The van der Waals surface area contributed by atoms with Gasteiger partial charge >= 0.3 is 0 Å². The van der Waals surface area contributed by atoms with E-state index in [0.29, 0.717) is 0 Å². The van der Waals surface area contributed by atoms with Gasteiger partial charge in [-0.05, 0) is 31.2 Å². The molecular formula is C16H23N3O. The van der Waals surface area contributed by atoms with Crippen LogP contribution in [0.4, 0.5) is 0 Å². The molecule has 0 bridgehead atoms. The number of likely N-dealkylation sites (tertiary alicyclic amines) is 1. The Hall–Kier alpha value is -1.39. The summed E-state index contributed by atoms with van der Waals surface area (Å²) in [6, 6.07) is 10.1. The van der Waals surface area contributed by atoms with Gasteiger partial charge in [0.2, 0.25) is 5.91 Å². The van der Waals surface area contributed by atoms with Crippen LogP contribution in [-0.4, -0.2) is 36.0 Å². The molecule has 0 unspecified atom stereocenters. The van der Waals surface area contributed by atoms with Crippen molar-refractivity contribution in [1.82, 2.24) is 10.2 Å². The van der Waals surface area contributed by atoms with E-state index in [4.69, 9.17) is 5.73 Å². The molecule has 2 fully saturated rings. The maximum atomic E-state index is 12.2. The molecule has 1 aromatic carbocycles. The second kappa shape index (κ2) is 5.94. The zero-order valence-electron chi connectivity index (χ0n) is 11.8. The third-order valence-electron chi connectivity index (χ3n) is 4.38. The van der Waals surface area contributed by atoms with E-state index >= 15 is 0 Å². The van der Waals surface area contributed by atoms with Gasteiger partial charge in [0.15, 0.2) is 0 Å². The number of nitrogens with one attached hydrogen (secondary N) is 1. The maximum absolute atomic E-state index is 12.2. The van der Waals surface area contributed by atoms with Gasteiger partial charge in [-0.2, -0.15) is 0 Å². The normalized spacial score (nSPS) is 22.4. The van der Waals surface area contributed by atoms with E-state index in [-0.39, 0.29) is 11.9 Å². The van der Waals surface area contributed by atoms with Gasteiger partial charge in [-0.3, -0.25) is 4.79 Å². The molecule has 1 saturated carbocycles. The molecule has 2 aliphatic rings. The lowest BCUT2D eigenvalue weighted by atomic mass is 10.0. The Bertz CT molecular complexity index is 450. The van der Waals surface area contributed by atoms with Crippen molar-refractivity contribution in [3.63, 3.8) is 0 Å². The summed E-state index contributed by atoms with van der Waals surface area (Å²) in [6.45, 7) is 2.21. The minimum absolute atomic E-state index is 0.0546. The summed E-state index contributed by atoms with van der Waals surface area (Å²) in [5, 5.41) is 3.11. The van der Waals surface area contributed by atoms with Gasteiger partial charge in [0, 0.05) is 25.2 Å². The lowest BCUT2D eigenvalue weighted by molar-refractivity contribution is -0.123. The Morgan fingerprint density at radius 2 is 1.80 bits per heavy atom. The topological polar surface area (TPSA) is 58.4 Å². The Labute approximate surface area is 120 Å². The largest absolute Gasteiger partial charge is 0.352 e. The number of carbonyl (C=O) groups is 1. The van der Waals surface area contributed by atoms with Gasteiger partial charge in [-0.15, -0.1) is 0 Å². The average molecular weight is 273 g/mol. The molecule has 108 valence electrons. The van der Waals surface area contributed by atoms with Gasteiger partial charge in [0.25, 0.3) is 0 Å². The molecule has 1 amide bonds. The Balaban J connectivity index is 1.49. The highest BCUT2D eigenvalue weighted by Crippen LogP contribution is 2.29. The highest BCUT2D eigenvalue weighted by atomic mass is 16.2. The SMILES string of the molecule is N[C@H](C(=O)NC1CCN(C2CC2)CC1)c1ccccc1. The molecular weight excluding hydrogens is 250 g/mol. The first-order chi connectivity index (χ1) is 9.74. The number of piperidine rings is 1. The summed E-state index contributed by atoms with van der Waals surface area (Å²) >= 11 is 0. The number of benzene rings is 1. The Morgan fingerprint density at radius 1 is 1.15 bits per heavy atom. The molecule has 1 heterocycles. The fourth-order valence-corrected chi connectivity index (χ4v) is 2.95. The first-order valence-corrected chi connectivity index (χ1v) is 7.59. The van der Waals surface area contributed by atoms with Crippen LogP contribution in [0.2, 0.25) is 0 Å². The molecule has 3 N–H and O–H groups in total. The quantitative estimate of drug-likeness (QED) is 0.872. The monoisotopic (exact) mass is 273 g/mol. The fourth-order valence-electron chi connectivity index (χ4n) is 2.95. The van der Waals surface area contributed by atoms with Crippen LogP contribution in [-0.2, 0) is 4.79 Å². The zero-order chi connectivity index (χ0) is 13.9. The summed E-state index contributed by atoms with van der Waals surface area (Å²) in [5.74, 6) is -0.0546. The van der Waals surface area contributed by atoms with Crippen LogP contribution in [0.25, 0.3) is 0 Å². The van der Waals surface area contributed by atoms with Crippen molar-refractivity contribution in [1.29, 1.82) is 0 Å². The summed E-state index contributed by atoms with van der Waals surface area (Å²) in [7, 11) is 0. The molecule has 4 nitrogen and oxygen atoms in total. The average Bonchev–Trinajstić information content (AvgIpc) is 3.33. The number of nitrogens with two attached hydrogens (primary N) is 1. The Morgan fingerprint density at radius 3 is 2.40 bits per heavy atom. The number of nitrogens with zero attached hydrogens (tertiary/aromatic N) is 1. The lowest BCUT2D eigenvalue weighted by Gasteiger charge is -2.32. The van der Waals surface area contributed by atoms with Crippen molar-refractivity contribution in [3.8, 4) is 0 Å². The highest BCUT2D eigenvalue weighted by molar-refractivity contribution is 5.83. The third-order valence-corrected chi connectivity index (χ3v) is 4.38. The number of amides is 1. The summed E-state index contributed by atoms with van der Waals surface area (Å²) in [5.41, 5.74) is 6.89. The van der Waals surface area contributed by atoms with E-state index < -0.39 is 6.04 Å². The van der Waals surface area contributed by atoms with Crippen molar-refractivity contribution >= 4 is 5.91 Å². The minimum Gasteiger partial charge on any atom is -0.352 e. The standard InChI is InChI=1S/C16H23N3O/c17-15(12-4-2-1-3-5-12)16(20)18-13-8-10-19(11-9-13)14-6-7-14/h1-5,13-15H,6-11,17H2,(H,18,20)/t15-/m0/s1. The minimum atomic E-state index is -0.558. The number of hydrogen-bond donors (Lipinski definition) is 2. The zero-order valence-corrected chi connectivity index (χ0v) is 11.8. The molecule has 0 radical (unpaired) electrons. The first kappa shape index (κ1) is 13.6. The number of hydrogen-bond acceptors (Lipinski definition) is 3. The molecule has 20 heavy (non-hydrogen) atoms. The molecule has 1 aliphatic carbocycles. The van der Waals surface area contributed by atoms with Crippen LogP contribution in [0.5, 0.6) is 0 Å². The second-order valence-corrected chi connectivity index (χ2v) is 5.94. The number of carbonyl (C=O) groups excluding carboxylic acids is 1. The van der Waals surface area contributed by atoms with Gasteiger partial charge in [-0.25, -0.2) is 0 Å². The predicted molar refractivity (Wildman–Crippen MR) is 79.1 cm³/mol. The summed E-state index contributed by atoms with van der Waals surface area (Å²) < 4.78 is 0. The van der Waals surface area contributed by atoms with Crippen LogP contribution in [0.3, 0.4) is 0 Å². The molecule has 1 aromatic rings. The molecule has 1 saturated heterocycles. The van der Waals surface area contributed by atoms with Crippen molar-refractivity contribution in [2.45, 2.75) is 43.8 Å². The van der Waals surface area contributed by atoms with E-state index in [1.54, 1.807) is 0 Å². The van der Waals surface area contributed by atoms with Crippen LogP contribution >= 0.6 is 0 Å². The van der Waals surface area contributed by atoms with Crippen molar-refractivity contribution < 1.29 is 4.79 Å². The van der Waals surface area contributed by atoms with Crippen LogP contribution in [0.1, 0.15) is 37.3 Å². The van der Waals surface area contributed by atoms with E-state index in [9.17, 15) is 4.79 Å². The van der Waals surface area contributed by atoms with E-state index in [1.165, 1.54) is 12.8 Å². The van der Waals surface area contributed by atoms with Gasteiger partial charge in [0.1, 0.15) is 6.04 Å². The molecule has 1 atom stereocenters. The number of rotatable bonds is 4.